The molecule has 12 heteroatoms. The summed E-state index contributed by atoms with van der Waals surface area (Å²) < 4.78 is 58.0. The van der Waals surface area contributed by atoms with Crippen molar-refractivity contribution < 1.29 is 16.8 Å². The average molecular weight is 859 g/mol. The van der Waals surface area contributed by atoms with E-state index in [4.69, 9.17) is 0 Å². The van der Waals surface area contributed by atoms with E-state index in [2.05, 4.69) is 31.9 Å². The lowest BCUT2D eigenvalue weighted by Gasteiger charge is -2.29. The first-order chi connectivity index (χ1) is 30.2. The summed E-state index contributed by atoms with van der Waals surface area (Å²) in [6.07, 6.45) is 21.9. The highest BCUT2D eigenvalue weighted by Crippen LogP contribution is 2.39. The predicted molar refractivity (Wildman–Crippen MR) is 247 cm³/mol. The van der Waals surface area contributed by atoms with E-state index in [-0.39, 0.29) is 0 Å². The zero-order valence-electron chi connectivity index (χ0n) is 34.2. The molecule has 0 saturated carbocycles. The topological polar surface area (TPSA) is 110 Å². The van der Waals surface area contributed by atoms with E-state index in [0.29, 0.717) is 32.9 Å². The minimum absolute atomic E-state index is 0.297. The fraction of sp³-hybridized carbons (Fsp3) is 0.240. The molecular formula is C50H46N6O4S2. The maximum Gasteiger partial charge on any atom is 0.268 e. The maximum atomic E-state index is 13.9. The number of benzene rings is 4. The molecule has 8 aromatic rings. The summed E-state index contributed by atoms with van der Waals surface area (Å²) in [5, 5.41) is 5.38. The summed E-state index contributed by atoms with van der Waals surface area (Å²) in [7, 11) is -7.52. The molecule has 4 aromatic carbocycles. The standard InChI is InChI=1S/2C25H23N3O2S/c29-31(30,25-9-3-6-18-5-1-2-8-21(18)25)28-17-23(22-16-26-12-10-24(22)28)19-11-14-27-13-4-7-20(27)15-19;29-31(30,22-8-7-18-4-1-2-5-19(18)15-22)28-17-24(23-16-26-11-9-25(23)28)20-10-13-27-12-3-6-21(27)14-20/h1-3,5-6,8-12,16-17,20H,4,7,13-15H2;1-2,4-5,7-11,15-17,21H,3,6,12-14H2. The molecule has 4 aromatic heterocycles. The molecule has 8 heterocycles. The summed E-state index contributed by atoms with van der Waals surface area (Å²) in [4.78, 5) is 14.3. The summed E-state index contributed by atoms with van der Waals surface area (Å²) in [5.74, 6) is 0. The number of nitrogens with zero attached hydrogens (tertiary/aromatic N) is 6. The molecule has 4 aliphatic rings. The van der Waals surface area contributed by atoms with Gasteiger partial charge in [0.05, 0.1) is 20.8 Å². The van der Waals surface area contributed by atoms with Crippen LogP contribution in [0.25, 0.3) is 54.5 Å². The maximum absolute atomic E-state index is 13.9. The van der Waals surface area contributed by atoms with Crippen LogP contribution >= 0.6 is 0 Å². The van der Waals surface area contributed by atoms with Crippen LogP contribution in [0.4, 0.5) is 0 Å². The second-order valence-electron chi connectivity index (χ2n) is 16.9. The lowest BCUT2D eigenvalue weighted by atomic mass is 9.94. The first kappa shape index (κ1) is 39.0. The van der Waals surface area contributed by atoms with Crippen LogP contribution in [0.1, 0.15) is 49.7 Å². The van der Waals surface area contributed by atoms with Gasteiger partial charge in [-0.15, -0.1) is 0 Å². The van der Waals surface area contributed by atoms with Crippen LogP contribution in [0.3, 0.4) is 0 Å². The van der Waals surface area contributed by atoms with Crippen molar-refractivity contribution in [1.29, 1.82) is 0 Å². The third-order valence-corrected chi connectivity index (χ3v) is 16.9. The van der Waals surface area contributed by atoms with Crippen molar-refractivity contribution in [1.82, 2.24) is 27.7 Å². The van der Waals surface area contributed by atoms with E-state index in [1.807, 2.05) is 66.7 Å². The van der Waals surface area contributed by atoms with Crippen LogP contribution in [0, 0.1) is 0 Å². The van der Waals surface area contributed by atoms with Crippen LogP contribution in [0.2, 0.25) is 0 Å². The first-order valence-electron chi connectivity index (χ1n) is 21.5. The molecule has 2 saturated heterocycles. The Labute approximate surface area is 361 Å². The summed E-state index contributed by atoms with van der Waals surface area (Å²) in [6, 6.07) is 30.9. The average Bonchev–Trinajstić information content (AvgIpc) is 4.14. The molecule has 4 aliphatic heterocycles. The van der Waals surface area contributed by atoms with Gasteiger partial charge in [-0.2, -0.15) is 0 Å². The molecule has 2 atom stereocenters. The lowest BCUT2D eigenvalue weighted by molar-refractivity contribution is 0.275. The Morgan fingerprint density at radius 3 is 1.71 bits per heavy atom. The molecule has 2 fully saturated rings. The van der Waals surface area contributed by atoms with Gasteiger partial charge in [-0.3, -0.25) is 19.8 Å². The number of pyridine rings is 2. The molecule has 0 amide bonds. The number of hydrogen-bond donors (Lipinski definition) is 0. The van der Waals surface area contributed by atoms with Gasteiger partial charge in [-0.05, 0) is 109 Å². The Balaban J connectivity index is 0.000000139. The van der Waals surface area contributed by atoms with Crippen LogP contribution in [0.5, 0.6) is 0 Å². The number of aromatic nitrogens is 4. The summed E-state index contributed by atoms with van der Waals surface area (Å²) >= 11 is 0. The van der Waals surface area contributed by atoms with Crippen LogP contribution in [-0.2, 0) is 20.0 Å². The Kier molecular flexibility index (Phi) is 9.72. The van der Waals surface area contributed by atoms with E-state index in [1.54, 1.807) is 67.5 Å². The van der Waals surface area contributed by atoms with Crippen molar-refractivity contribution in [3.05, 3.63) is 158 Å². The minimum Gasteiger partial charge on any atom is -0.296 e. The molecular weight excluding hydrogens is 813 g/mol. The van der Waals surface area contributed by atoms with Gasteiger partial charge in [-0.1, -0.05) is 78.9 Å². The van der Waals surface area contributed by atoms with E-state index in [1.165, 1.54) is 44.8 Å². The first-order valence-corrected chi connectivity index (χ1v) is 24.4. The van der Waals surface area contributed by atoms with Crippen molar-refractivity contribution in [2.24, 2.45) is 0 Å². The SMILES string of the molecule is O=S(=O)(c1ccc2ccccc2c1)n1cc(C2=CCN3CCCC3C2)c2cnccc21.O=S(=O)(c1cccc2ccccc12)n1cc(C2=CCN3CCCC3C2)c2cnccc21. The van der Waals surface area contributed by atoms with E-state index in [0.717, 1.165) is 82.5 Å². The Bertz CT molecular complexity index is 3340. The summed E-state index contributed by atoms with van der Waals surface area (Å²) in [6.45, 7) is 4.19. The van der Waals surface area contributed by atoms with Gasteiger partial charge in [0, 0.05) is 89.6 Å². The van der Waals surface area contributed by atoms with E-state index in [9.17, 15) is 16.8 Å². The van der Waals surface area contributed by atoms with Gasteiger partial charge in [0.2, 0.25) is 0 Å². The smallest absolute Gasteiger partial charge is 0.268 e. The largest absolute Gasteiger partial charge is 0.296 e. The Morgan fingerprint density at radius 1 is 0.532 bits per heavy atom. The molecule has 0 spiro atoms. The molecule has 62 heavy (non-hydrogen) atoms. The quantitative estimate of drug-likeness (QED) is 0.163. The number of rotatable bonds is 6. The second-order valence-corrected chi connectivity index (χ2v) is 20.5. The Hall–Kier alpha value is -5.92. The van der Waals surface area contributed by atoms with Crippen LogP contribution < -0.4 is 0 Å². The van der Waals surface area contributed by atoms with Gasteiger partial charge in [0.1, 0.15) is 0 Å². The molecule has 12 rings (SSSR count). The van der Waals surface area contributed by atoms with Crippen molar-refractivity contribution >= 4 is 74.5 Å². The molecule has 10 nitrogen and oxygen atoms in total. The third kappa shape index (κ3) is 6.68. The van der Waals surface area contributed by atoms with Gasteiger partial charge >= 0.3 is 0 Å². The Morgan fingerprint density at radius 2 is 1.08 bits per heavy atom. The highest BCUT2D eigenvalue weighted by atomic mass is 32.2. The summed E-state index contributed by atoms with van der Waals surface area (Å²) in [5.41, 5.74) is 5.78. The van der Waals surface area contributed by atoms with Crippen molar-refractivity contribution in [2.45, 2.75) is 60.4 Å². The van der Waals surface area contributed by atoms with E-state index >= 15 is 0 Å². The molecule has 2 unspecified atom stereocenters. The third-order valence-electron chi connectivity index (χ3n) is 13.5. The predicted octanol–water partition coefficient (Wildman–Crippen LogP) is 9.36. The van der Waals surface area contributed by atoms with Crippen molar-refractivity contribution in [2.75, 3.05) is 26.2 Å². The fourth-order valence-corrected chi connectivity index (χ4v) is 13.3. The van der Waals surface area contributed by atoms with Gasteiger partial charge < -0.3 is 0 Å². The highest BCUT2D eigenvalue weighted by Gasteiger charge is 2.32. The van der Waals surface area contributed by atoms with Crippen LogP contribution in [0.15, 0.2) is 156 Å². The highest BCUT2D eigenvalue weighted by molar-refractivity contribution is 7.90. The van der Waals surface area contributed by atoms with Crippen molar-refractivity contribution in [3.8, 4) is 0 Å². The van der Waals surface area contributed by atoms with Gasteiger partial charge in [-0.25, -0.2) is 24.8 Å². The molecule has 312 valence electrons. The van der Waals surface area contributed by atoms with E-state index < -0.39 is 20.0 Å². The second kappa shape index (κ2) is 15.5. The molecule has 0 aliphatic carbocycles. The van der Waals surface area contributed by atoms with Gasteiger partial charge in [0.25, 0.3) is 20.0 Å². The number of fused-ring (bicyclic) bond motifs is 6. The zero-order valence-corrected chi connectivity index (χ0v) is 35.8. The number of hydrogen-bond acceptors (Lipinski definition) is 8. The normalized spacial score (nSPS) is 19.6. The molecule has 0 bridgehead atoms. The van der Waals surface area contributed by atoms with Crippen molar-refractivity contribution in [3.63, 3.8) is 0 Å². The molecule has 0 radical (unpaired) electrons. The minimum atomic E-state index is -3.78. The zero-order chi connectivity index (χ0) is 42.0. The van der Waals surface area contributed by atoms with Gasteiger partial charge in [0.15, 0.2) is 0 Å². The lowest BCUT2D eigenvalue weighted by Crippen LogP contribution is -2.32. The fourth-order valence-electron chi connectivity index (χ4n) is 10.3. The molecule has 0 N–H and O–H groups in total. The monoisotopic (exact) mass is 858 g/mol. The van der Waals surface area contributed by atoms with Crippen LogP contribution in [-0.4, -0.2) is 82.8 Å².